The van der Waals surface area contributed by atoms with Crippen LogP contribution in [0.5, 0.6) is 5.75 Å². The normalized spacial score (nSPS) is 15.4. The molecule has 0 saturated carbocycles. The Labute approximate surface area is 116 Å². The fourth-order valence-electron chi connectivity index (χ4n) is 2.23. The zero-order valence-electron chi connectivity index (χ0n) is 11.4. The van der Waals surface area contributed by atoms with Crippen LogP contribution in [0.4, 0.5) is 0 Å². The molecule has 0 radical (unpaired) electrons. The maximum absolute atomic E-state index is 6.02. The minimum absolute atomic E-state index is 0.505. The summed E-state index contributed by atoms with van der Waals surface area (Å²) in [5, 5.41) is 9.12. The Hall–Kier alpha value is -1.62. The SMILES string of the molecule is CSc1nnc2c(n1)-c1cc(C)ccc1OC2(C)C. The third-order valence-corrected chi connectivity index (χ3v) is 3.71. The molecule has 0 aliphatic carbocycles. The highest BCUT2D eigenvalue weighted by atomic mass is 32.2. The predicted molar refractivity (Wildman–Crippen MR) is 75.4 cm³/mol. The minimum Gasteiger partial charge on any atom is -0.481 e. The molecule has 0 amide bonds. The number of nitrogens with zero attached hydrogens (tertiary/aromatic N) is 3. The number of aryl methyl sites for hydroxylation is 1. The van der Waals surface area contributed by atoms with E-state index in [9.17, 15) is 0 Å². The third kappa shape index (κ3) is 1.98. The number of hydrogen-bond donors (Lipinski definition) is 0. The average Bonchev–Trinajstić information content (AvgIpc) is 2.39. The summed E-state index contributed by atoms with van der Waals surface area (Å²) in [6.07, 6.45) is 1.95. The molecule has 5 heteroatoms. The molecular weight excluding hydrogens is 258 g/mol. The van der Waals surface area contributed by atoms with Crippen LogP contribution in [0, 0.1) is 6.92 Å². The fraction of sp³-hybridized carbons (Fsp3) is 0.357. The first-order valence-corrected chi connectivity index (χ1v) is 7.33. The van der Waals surface area contributed by atoms with E-state index >= 15 is 0 Å². The molecule has 0 atom stereocenters. The molecule has 98 valence electrons. The quantitative estimate of drug-likeness (QED) is 0.747. The lowest BCUT2D eigenvalue weighted by Gasteiger charge is -2.32. The summed E-state index contributed by atoms with van der Waals surface area (Å²) in [6.45, 7) is 6.04. The van der Waals surface area contributed by atoms with Crippen LogP contribution in [0.3, 0.4) is 0 Å². The zero-order chi connectivity index (χ0) is 13.6. The molecule has 1 aromatic carbocycles. The molecule has 0 bridgehead atoms. The largest absolute Gasteiger partial charge is 0.481 e. The highest BCUT2D eigenvalue weighted by Gasteiger charge is 2.36. The monoisotopic (exact) mass is 273 g/mol. The molecule has 0 unspecified atom stereocenters. The smallest absolute Gasteiger partial charge is 0.209 e. The van der Waals surface area contributed by atoms with Crippen molar-refractivity contribution in [1.29, 1.82) is 0 Å². The van der Waals surface area contributed by atoms with Crippen LogP contribution >= 0.6 is 11.8 Å². The summed E-state index contributed by atoms with van der Waals surface area (Å²) in [5.41, 5.74) is 3.35. The Kier molecular flexibility index (Phi) is 2.74. The van der Waals surface area contributed by atoms with E-state index in [4.69, 9.17) is 4.74 Å². The molecule has 0 N–H and O–H groups in total. The van der Waals surface area contributed by atoms with Gasteiger partial charge in [0.15, 0.2) is 0 Å². The predicted octanol–water partition coefficient (Wildman–Crippen LogP) is 3.20. The summed E-state index contributed by atoms with van der Waals surface area (Å²) in [4.78, 5) is 4.62. The number of benzene rings is 1. The van der Waals surface area contributed by atoms with Crippen molar-refractivity contribution in [1.82, 2.24) is 15.2 Å². The maximum atomic E-state index is 6.02. The third-order valence-electron chi connectivity index (χ3n) is 3.18. The first kappa shape index (κ1) is 12.4. The molecular formula is C14H15N3OS. The van der Waals surface area contributed by atoms with E-state index in [1.807, 2.05) is 32.2 Å². The van der Waals surface area contributed by atoms with Crippen molar-refractivity contribution in [2.75, 3.05) is 6.26 Å². The molecule has 19 heavy (non-hydrogen) atoms. The van der Waals surface area contributed by atoms with Crippen LogP contribution in [0.15, 0.2) is 23.4 Å². The lowest BCUT2D eigenvalue weighted by Crippen LogP contribution is -2.31. The van der Waals surface area contributed by atoms with E-state index < -0.39 is 5.60 Å². The number of fused-ring (bicyclic) bond motifs is 3. The number of thioether (sulfide) groups is 1. The minimum atomic E-state index is -0.505. The van der Waals surface area contributed by atoms with Crippen molar-refractivity contribution in [3.05, 3.63) is 29.5 Å². The van der Waals surface area contributed by atoms with E-state index in [1.165, 1.54) is 17.3 Å². The van der Waals surface area contributed by atoms with Gasteiger partial charge in [0.25, 0.3) is 0 Å². The van der Waals surface area contributed by atoms with Gasteiger partial charge in [-0.15, -0.1) is 10.2 Å². The first-order chi connectivity index (χ1) is 9.01. The van der Waals surface area contributed by atoms with Gasteiger partial charge in [-0.25, -0.2) is 4.98 Å². The van der Waals surface area contributed by atoms with Crippen molar-refractivity contribution >= 4 is 11.8 Å². The summed E-state index contributed by atoms with van der Waals surface area (Å²) in [6, 6.07) is 6.13. The van der Waals surface area contributed by atoms with E-state index in [0.29, 0.717) is 5.16 Å². The van der Waals surface area contributed by atoms with Crippen molar-refractivity contribution in [2.45, 2.75) is 31.5 Å². The fourth-order valence-corrected chi connectivity index (χ4v) is 2.54. The summed E-state index contributed by atoms with van der Waals surface area (Å²) < 4.78 is 6.02. The molecule has 2 heterocycles. The summed E-state index contributed by atoms with van der Waals surface area (Å²) in [5.74, 6) is 0.857. The lowest BCUT2D eigenvalue weighted by atomic mass is 9.94. The van der Waals surface area contributed by atoms with Crippen molar-refractivity contribution in [3.8, 4) is 17.0 Å². The Morgan fingerprint density at radius 2 is 2.00 bits per heavy atom. The van der Waals surface area contributed by atoms with Crippen molar-refractivity contribution in [2.24, 2.45) is 0 Å². The molecule has 1 aromatic heterocycles. The number of ether oxygens (including phenoxy) is 1. The van der Waals surface area contributed by atoms with Gasteiger partial charge < -0.3 is 4.74 Å². The van der Waals surface area contributed by atoms with Gasteiger partial charge in [-0.2, -0.15) is 0 Å². The van der Waals surface area contributed by atoms with Crippen LogP contribution in [0.1, 0.15) is 25.1 Å². The van der Waals surface area contributed by atoms with Crippen LogP contribution in [-0.4, -0.2) is 21.4 Å². The lowest BCUT2D eigenvalue weighted by molar-refractivity contribution is 0.0981. The number of rotatable bonds is 1. The average molecular weight is 273 g/mol. The van der Waals surface area contributed by atoms with Crippen LogP contribution in [0.2, 0.25) is 0 Å². The molecule has 0 spiro atoms. The Balaban J connectivity index is 2.30. The number of aromatic nitrogens is 3. The van der Waals surface area contributed by atoms with E-state index in [2.05, 4.69) is 28.2 Å². The van der Waals surface area contributed by atoms with Gasteiger partial charge in [0.05, 0.1) is 0 Å². The maximum Gasteiger partial charge on any atom is 0.209 e. The van der Waals surface area contributed by atoms with Gasteiger partial charge in [-0.05, 0) is 39.2 Å². The summed E-state index contributed by atoms with van der Waals surface area (Å²) in [7, 11) is 0. The second-order valence-electron chi connectivity index (χ2n) is 5.11. The second-order valence-corrected chi connectivity index (χ2v) is 5.88. The van der Waals surface area contributed by atoms with Crippen molar-refractivity contribution < 1.29 is 4.74 Å². The standard InChI is InChI=1S/C14H15N3OS/c1-8-5-6-10-9(7-8)11-12(14(2,3)18-10)16-17-13(15-11)19-4/h5-7H,1-4H3. The Morgan fingerprint density at radius 3 is 2.74 bits per heavy atom. The Morgan fingerprint density at radius 1 is 1.21 bits per heavy atom. The van der Waals surface area contributed by atoms with Gasteiger partial charge in [0.2, 0.25) is 5.16 Å². The van der Waals surface area contributed by atoms with Gasteiger partial charge in [-0.3, -0.25) is 0 Å². The molecule has 3 rings (SSSR count). The van der Waals surface area contributed by atoms with Crippen molar-refractivity contribution in [3.63, 3.8) is 0 Å². The van der Waals surface area contributed by atoms with Gasteiger partial charge >= 0.3 is 0 Å². The van der Waals surface area contributed by atoms with Gasteiger partial charge in [-0.1, -0.05) is 23.4 Å². The van der Waals surface area contributed by atoms with E-state index in [-0.39, 0.29) is 0 Å². The number of hydrogen-bond acceptors (Lipinski definition) is 5. The van der Waals surface area contributed by atoms with E-state index in [0.717, 1.165) is 22.7 Å². The molecule has 1 aliphatic rings. The van der Waals surface area contributed by atoms with Crippen LogP contribution in [-0.2, 0) is 5.60 Å². The molecule has 4 nitrogen and oxygen atoms in total. The second kappa shape index (κ2) is 4.20. The highest BCUT2D eigenvalue weighted by molar-refractivity contribution is 7.98. The van der Waals surface area contributed by atoms with Crippen LogP contribution < -0.4 is 4.74 Å². The van der Waals surface area contributed by atoms with Crippen LogP contribution in [0.25, 0.3) is 11.3 Å². The van der Waals surface area contributed by atoms with Gasteiger partial charge in [0.1, 0.15) is 22.7 Å². The van der Waals surface area contributed by atoms with Gasteiger partial charge in [0, 0.05) is 5.56 Å². The molecule has 0 fully saturated rings. The highest BCUT2D eigenvalue weighted by Crippen LogP contribution is 2.43. The zero-order valence-corrected chi connectivity index (χ0v) is 12.2. The summed E-state index contributed by atoms with van der Waals surface area (Å²) >= 11 is 1.50. The molecule has 2 aromatic rings. The molecule has 0 saturated heterocycles. The Bertz CT molecular complexity index is 655. The molecule has 1 aliphatic heterocycles. The van der Waals surface area contributed by atoms with E-state index in [1.54, 1.807) is 0 Å². The topological polar surface area (TPSA) is 47.9 Å². The first-order valence-electron chi connectivity index (χ1n) is 6.10.